The molecule has 4 fully saturated rings. The van der Waals surface area contributed by atoms with Crippen molar-refractivity contribution in [2.75, 3.05) is 19.8 Å². The van der Waals surface area contributed by atoms with Gasteiger partial charge in [0.2, 0.25) is 5.91 Å². The van der Waals surface area contributed by atoms with Gasteiger partial charge in [0.25, 0.3) is 0 Å². The minimum atomic E-state index is -1.85. The van der Waals surface area contributed by atoms with E-state index in [1.165, 1.54) is 20.8 Å². The molecule has 4 saturated heterocycles. The monoisotopic (exact) mass is 687 g/mol. The van der Waals surface area contributed by atoms with Crippen LogP contribution in [0, 0.1) is 5.92 Å². The van der Waals surface area contributed by atoms with Crippen molar-refractivity contribution in [2.24, 2.45) is 5.92 Å². The summed E-state index contributed by atoms with van der Waals surface area (Å²) in [5, 5.41) is 107. The van der Waals surface area contributed by atoms with E-state index in [9.17, 15) is 55.9 Å². The van der Waals surface area contributed by atoms with Crippen LogP contribution >= 0.6 is 0 Å². The van der Waals surface area contributed by atoms with Crippen LogP contribution in [0.5, 0.6) is 0 Å². The molecule has 0 aromatic carbocycles. The summed E-state index contributed by atoms with van der Waals surface area (Å²) in [6, 6.07) is -1.04. The highest BCUT2D eigenvalue weighted by atomic mass is 16.8. The van der Waals surface area contributed by atoms with Crippen LogP contribution in [0.3, 0.4) is 0 Å². The number of carbonyl (C=O) groups is 1. The van der Waals surface area contributed by atoms with Crippen molar-refractivity contribution in [3.8, 4) is 0 Å². The Hall–Kier alpha value is -1.21. The second-order valence-electron chi connectivity index (χ2n) is 12.5. The van der Waals surface area contributed by atoms with Crippen LogP contribution in [0.15, 0.2) is 0 Å². The highest BCUT2D eigenvalue weighted by Gasteiger charge is 2.56. The topological polar surface area (TPSA) is 296 Å². The first-order valence-electron chi connectivity index (χ1n) is 15.6. The lowest BCUT2D eigenvalue weighted by molar-refractivity contribution is -0.396. The Labute approximate surface area is 270 Å². The molecule has 19 heteroatoms. The fourth-order valence-electron chi connectivity index (χ4n) is 6.30. The van der Waals surface area contributed by atoms with Crippen LogP contribution in [0.2, 0.25) is 0 Å². The molecule has 0 aromatic rings. The summed E-state index contributed by atoms with van der Waals surface area (Å²) in [6.07, 6.45) is -26.6. The molecule has 4 aliphatic rings. The molecule has 0 radical (unpaired) electrons. The van der Waals surface area contributed by atoms with Crippen LogP contribution in [-0.2, 0) is 38.0 Å². The van der Waals surface area contributed by atoms with Gasteiger partial charge in [0.15, 0.2) is 18.9 Å². The smallest absolute Gasteiger partial charge is 0.217 e. The number of hydrogen-bond acceptors (Lipinski definition) is 18. The summed E-state index contributed by atoms with van der Waals surface area (Å²) < 4.78 is 41.2. The molecular weight excluding hydrogens is 638 g/mol. The van der Waals surface area contributed by atoms with Gasteiger partial charge in [-0.3, -0.25) is 4.79 Å². The second-order valence-corrected chi connectivity index (χ2v) is 12.5. The molecule has 274 valence electrons. The van der Waals surface area contributed by atoms with Gasteiger partial charge < -0.3 is 89.5 Å². The summed E-state index contributed by atoms with van der Waals surface area (Å²) in [4.78, 5) is 12.1. The van der Waals surface area contributed by atoms with Gasteiger partial charge in [-0.25, -0.2) is 0 Å². The highest BCUT2D eigenvalue weighted by Crippen LogP contribution is 2.36. The van der Waals surface area contributed by atoms with Gasteiger partial charge in [-0.1, -0.05) is 6.92 Å². The Balaban J connectivity index is 1.73. The van der Waals surface area contributed by atoms with Crippen molar-refractivity contribution in [3.05, 3.63) is 0 Å². The van der Waals surface area contributed by atoms with Crippen molar-refractivity contribution < 1.29 is 89.0 Å². The molecule has 47 heavy (non-hydrogen) atoms. The Bertz CT molecular complexity index is 1010. The first-order chi connectivity index (χ1) is 22.1. The normalized spacial score (nSPS) is 51.0. The van der Waals surface area contributed by atoms with Crippen molar-refractivity contribution in [1.29, 1.82) is 0 Å². The minimum Gasteiger partial charge on any atom is -0.394 e. The van der Waals surface area contributed by atoms with Gasteiger partial charge in [0.1, 0.15) is 73.2 Å². The van der Waals surface area contributed by atoms with E-state index in [0.717, 1.165) is 0 Å². The van der Waals surface area contributed by atoms with Crippen LogP contribution in [-0.4, -0.2) is 193 Å². The zero-order chi connectivity index (χ0) is 34.9. The average molecular weight is 688 g/mol. The van der Waals surface area contributed by atoms with E-state index in [0.29, 0.717) is 0 Å². The number of rotatable bonds is 10. The first kappa shape index (κ1) is 38.6. The third-order valence-electron chi connectivity index (χ3n) is 9.18. The van der Waals surface area contributed by atoms with Gasteiger partial charge >= 0.3 is 0 Å². The van der Waals surface area contributed by atoms with Crippen molar-refractivity contribution in [3.63, 3.8) is 0 Å². The van der Waals surface area contributed by atoms with Crippen molar-refractivity contribution in [2.45, 2.75) is 144 Å². The molecule has 4 heterocycles. The Kier molecular flexibility index (Phi) is 13.3. The van der Waals surface area contributed by atoms with Crippen molar-refractivity contribution in [1.82, 2.24) is 5.32 Å². The zero-order valence-corrected chi connectivity index (χ0v) is 26.4. The molecule has 0 spiro atoms. The highest BCUT2D eigenvalue weighted by molar-refractivity contribution is 5.73. The van der Waals surface area contributed by atoms with E-state index in [2.05, 4.69) is 5.32 Å². The lowest BCUT2D eigenvalue weighted by Gasteiger charge is -2.51. The quantitative estimate of drug-likeness (QED) is 0.102. The molecule has 0 bridgehead atoms. The van der Waals surface area contributed by atoms with Gasteiger partial charge in [-0.15, -0.1) is 0 Å². The molecule has 0 aliphatic carbocycles. The predicted molar refractivity (Wildman–Crippen MR) is 151 cm³/mol. The fourth-order valence-corrected chi connectivity index (χ4v) is 6.30. The zero-order valence-electron chi connectivity index (χ0n) is 26.4. The second kappa shape index (κ2) is 16.2. The maximum absolute atomic E-state index is 12.1. The number of carbonyl (C=O) groups excluding carboxylic acids is 1. The number of nitrogens with one attached hydrogen (secondary N) is 1. The molecule has 0 saturated carbocycles. The molecule has 11 N–H and O–H groups in total. The molecular formula is C28H49NO18. The van der Waals surface area contributed by atoms with Gasteiger partial charge in [-0.05, 0) is 13.8 Å². The summed E-state index contributed by atoms with van der Waals surface area (Å²) in [6.45, 7) is 3.50. The van der Waals surface area contributed by atoms with Gasteiger partial charge in [-0.2, -0.15) is 0 Å². The maximum Gasteiger partial charge on any atom is 0.217 e. The number of hydrogen-bond donors (Lipinski definition) is 11. The molecule has 4 rings (SSSR count). The lowest BCUT2D eigenvalue weighted by Crippen LogP contribution is -2.69. The molecule has 8 unspecified atom stereocenters. The molecule has 0 aromatic heterocycles. The molecule has 19 nitrogen and oxygen atoms in total. The average Bonchev–Trinajstić information content (AvgIpc) is 3.04. The Morgan fingerprint density at radius 2 is 1.06 bits per heavy atom. The summed E-state index contributed by atoms with van der Waals surface area (Å²) >= 11 is 0. The fraction of sp³-hybridized carbons (Fsp3) is 0.964. The molecule has 4 aliphatic heterocycles. The number of ether oxygens (including phenoxy) is 7. The van der Waals surface area contributed by atoms with Gasteiger partial charge in [0, 0.05) is 12.8 Å². The van der Waals surface area contributed by atoms with E-state index in [1.807, 2.05) is 0 Å². The Morgan fingerprint density at radius 3 is 1.66 bits per heavy atom. The van der Waals surface area contributed by atoms with Gasteiger partial charge in [0.05, 0.1) is 44.2 Å². The lowest BCUT2D eigenvalue weighted by atomic mass is 9.91. The SMILES string of the molecule is CC(=O)NC1[C@H](C)OC(CO)[C@H](O)[C@@H]1O[C@@H]1OC(CO)[C@H](O)[C@H](O[C@@H]2OC(CO)[C@H](O)[C@H](O)C2C)C1O[C@@H]1OC(C)[C@H](O)[C@@H](O)C1O. The van der Waals surface area contributed by atoms with Crippen LogP contribution < -0.4 is 5.32 Å². The third-order valence-corrected chi connectivity index (χ3v) is 9.18. The maximum atomic E-state index is 12.1. The summed E-state index contributed by atoms with van der Waals surface area (Å²) in [7, 11) is 0. The summed E-state index contributed by atoms with van der Waals surface area (Å²) in [5.41, 5.74) is 0. The minimum absolute atomic E-state index is 0.515. The van der Waals surface area contributed by atoms with Crippen LogP contribution in [0.4, 0.5) is 0 Å². The van der Waals surface area contributed by atoms with E-state index < -0.39 is 148 Å². The van der Waals surface area contributed by atoms with E-state index in [1.54, 1.807) is 6.92 Å². The van der Waals surface area contributed by atoms with Crippen LogP contribution in [0.25, 0.3) is 0 Å². The summed E-state index contributed by atoms with van der Waals surface area (Å²) in [5.74, 6) is -1.48. The number of aliphatic hydroxyl groups is 10. The standard InChI is InChI=1S/C28H49NO18/c1-8-16(34)18(36)12(5-30)43-26(8)46-24-20(38)14(7-32)44-28(25(24)47-27-22(40)21(39)17(35)10(3)42-27)45-23-15(29-11(4)33)9(2)41-13(6-31)19(23)37/h8-10,12-28,30-32,34-40H,5-7H2,1-4H3,(H,29,33)/t8?,9-,10?,12?,13?,14?,15?,16+,17-,18-,19-,20-,21+,22?,23+,24-,25?,26-,27-,28-/m0/s1. The predicted octanol–water partition coefficient (Wildman–Crippen LogP) is -6.23. The third kappa shape index (κ3) is 8.07. The number of aliphatic hydroxyl groups excluding tert-OH is 10. The van der Waals surface area contributed by atoms with E-state index in [-0.39, 0.29) is 0 Å². The van der Waals surface area contributed by atoms with Crippen molar-refractivity contribution >= 4 is 5.91 Å². The molecule has 1 amide bonds. The van der Waals surface area contributed by atoms with E-state index >= 15 is 0 Å². The Morgan fingerprint density at radius 1 is 0.553 bits per heavy atom. The number of amides is 1. The van der Waals surface area contributed by atoms with E-state index in [4.69, 9.17) is 33.2 Å². The largest absolute Gasteiger partial charge is 0.394 e. The van der Waals surface area contributed by atoms with Crippen LogP contribution in [0.1, 0.15) is 27.7 Å². The first-order valence-corrected chi connectivity index (χ1v) is 15.6. The molecule has 20 atom stereocenters.